The first kappa shape index (κ1) is 24.4. The SMILES string of the molecule is CC(C)(C)OC(=O)NC(CCOCc1ccccc1)C(=O)Nn1ccc(Br)c1C(=O)O. The number of hydrogen-bond donors (Lipinski definition) is 3. The van der Waals surface area contributed by atoms with Crippen LogP contribution in [0.1, 0.15) is 43.2 Å². The molecule has 0 radical (unpaired) electrons. The molecule has 0 spiro atoms. The van der Waals surface area contributed by atoms with Crippen LogP contribution in [0.4, 0.5) is 4.79 Å². The lowest BCUT2D eigenvalue weighted by Crippen LogP contribution is -2.48. The van der Waals surface area contributed by atoms with Crippen molar-refractivity contribution < 1.29 is 29.0 Å². The summed E-state index contributed by atoms with van der Waals surface area (Å²) in [5.74, 6) is -1.83. The standard InChI is InChI=1S/C21H26BrN3O6/c1-21(2,3)31-20(29)23-16(10-12-30-13-14-7-5-4-6-8-14)18(26)24-25-11-9-15(22)17(25)19(27)28/h4-9,11,16H,10,12-13H2,1-3H3,(H,23,29)(H,24,26)(H,27,28). The van der Waals surface area contributed by atoms with Crippen LogP contribution in [-0.2, 0) is 20.9 Å². The van der Waals surface area contributed by atoms with E-state index in [0.29, 0.717) is 11.1 Å². The molecule has 0 saturated heterocycles. The lowest BCUT2D eigenvalue weighted by Gasteiger charge is -2.23. The molecule has 0 aliphatic rings. The Labute approximate surface area is 188 Å². The second-order valence-electron chi connectivity index (χ2n) is 7.69. The fourth-order valence-corrected chi connectivity index (χ4v) is 3.07. The number of benzene rings is 1. The molecule has 2 rings (SSSR count). The largest absolute Gasteiger partial charge is 0.476 e. The number of aromatic carboxylic acids is 1. The van der Waals surface area contributed by atoms with Crippen molar-refractivity contribution in [2.24, 2.45) is 0 Å². The summed E-state index contributed by atoms with van der Waals surface area (Å²) in [5, 5.41) is 11.9. The highest BCUT2D eigenvalue weighted by Gasteiger charge is 2.26. The van der Waals surface area contributed by atoms with E-state index in [0.717, 1.165) is 10.2 Å². The average Bonchev–Trinajstić information content (AvgIpc) is 3.03. The van der Waals surface area contributed by atoms with E-state index < -0.39 is 29.6 Å². The Kier molecular flexibility index (Phi) is 8.64. The number of carbonyl (C=O) groups is 3. The maximum atomic E-state index is 12.8. The molecule has 0 saturated carbocycles. The molecule has 1 unspecified atom stereocenters. The Morgan fingerprint density at radius 3 is 2.45 bits per heavy atom. The molecule has 1 aromatic carbocycles. The molecule has 0 aliphatic carbocycles. The summed E-state index contributed by atoms with van der Waals surface area (Å²) in [5.41, 5.74) is 2.57. The molecule has 0 aliphatic heterocycles. The molecule has 1 atom stereocenters. The zero-order valence-electron chi connectivity index (χ0n) is 17.6. The lowest BCUT2D eigenvalue weighted by molar-refractivity contribution is -0.119. The van der Waals surface area contributed by atoms with E-state index in [4.69, 9.17) is 9.47 Å². The summed E-state index contributed by atoms with van der Waals surface area (Å²) in [7, 11) is 0. The van der Waals surface area contributed by atoms with Crippen LogP contribution in [0.25, 0.3) is 0 Å². The van der Waals surface area contributed by atoms with E-state index in [2.05, 4.69) is 26.7 Å². The topological polar surface area (TPSA) is 119 Å². The van der Waals surface area contributed by atoms with E-state index in [1.165, 1.54) is 12.3 Å². The monoisotopic (exact) mass is 495 g/mol. The van der Waals surface area contributed by atoms with Gasteiger partial charge in [-0.25, -0.2) is 9.59 Å². The van der Waals surface area contributed by atoms with E-state index >= 15 is 0 Å². The maximum absolute atomic E-state index is 12.8. The van der Waals surface area contributed by atoms with Gasteiger partial charge in [-0.15, -0.1) is 0 Å². The predicted molar refractivity (Wildman–Crippen MR) is 117 cm³/mol. The first-order valence-electron chi connectivity index (χ1n) is 9.59. The molecule has 2 amide bonds. The highest BCUT2D eigenvalue weighted by atomic mass is 79.9. The first-order valence-corrected chi connectivity index (χ1v) is 10.4. The normalized spacial score (nSPS) is 12.1. The molecule has 9 nitrogen and oxygen atoms in total. The Bertz CT molecular complexity index is 908. The minimum Gasteiger partial charge on any atom is -0.476 e. The fraction of sp³-hybridized carbons (Fsp3) is 0.381. The number of hydrogen-bond acceptors (Lipinski definition) is 5. The Morgan fingerprint density at radius 2 is 1.84 bits per heavy atom. The third kappa shape index (κ3) is 8.06. The van der Waals surface area contributed by atoms with Gasteiger partial charge in [0.1, 0.15) is 11.6 Å². The van der Waals surface area contributed by atoms with Crippen LogP contribution in [0, 0.1) is 0 Å². The molecule has 168 valence electrons. The second kappa shape index (κ2) is 11.0. The predicted octanol–water partition coefficient (Wildman–Crippen LogP) is 3.52. The van der Waals surface area contributed by atoms with E-state index in [9.17, 15) is 19.5 Å². The van der Waals surface area contributed by atoms with Crippen molar-refractivity contribution in [3.05, 3.63) is 58.3 Å². The summed E-state index contributed by atoms with van der Waals surface area (Å²) < 4.78 is 12.2. The summed E-state index contributed by atoms with van der Waals surface area (Å²) in [6.07, 6.45) is 0.785. The van der Waals surface area contributed by atoms with Crippen LogP contribution in [0.5, 0.6) is 0 Å². The van der Waals surface area contributed by atoms with Gasteiger partial charge in [-0.1, -0.05) is 30.3 Å². The number of nitrogens with one attached hydrogen (secondary N) is 2. The molecule has 1 aromatic heterocycles. The molecular formula is C21H26BrN3O6. The van der Waals surface area contributed by atoms with Gasteiger partial charge in [-0.2, -0.15) is 0 Å². The zero-order chi connectivity index (χ0) is 23.0. The number of halogens is 1. The van der Waals surface area contributed by atoms with E-state index in [1.54, 1.807) is 20.8 Å². The number of rotatable bonds is 9. The van der Waals surface area contributed by atoms with Gasteiger partial charge < -0.3 is 19.9 Å². The summed E-state index contributed by atoms with van der Waals surface area (Å²) in [6, 6.07) is 10.0. The van der Waals surface area contributed by atoms with Crippen molar-refractivity contribution in [3.8, 4) is 0 Å². The second-order valence-corrected chi connectivity index (χ2v) is 8.54. The lowest BCUT2D eigenvalue weighted by atomic mass is 10.2. The number of carboxylic acid groups (broad SMARTS) is 1. The van der Waals surface area contributed by atoms with Crippen molar-refractivity contribution in [2.45, 2.75) is 45.4 Å². The maximum Gasteiger partial charge on any atom is 0.408 e. The zero-order valence-corrected chi connectivity index (χ0v) is 19.1. The number of aromatic nitrogens is 1. The fourth-order valence-electron chi connectivity index (χ4n) is 2.59. The van der Waals surface area contributed by atoms with Gasteiger partial charge >= 0.3 is 12.1 Å². The summed E-state index contributed by atoms with van der Waals surface area (Å²) in [6.45, 7) is 5.67. The molecule has 0 bridgehead atoms. The quantitative estimate of drug-likeness (QED) is 0.458. The number of carboxylic acids is 1. The Balaban J connectivity index is 2.04. The molecular weight excluding hydrogens is 470 g/mol. The van der Waals surface area contributed by atoms with Crippen LogP contribution in [0.3, 0.4) is 0 Å². The van der Waals surface area contributed by atoms with Crippen LogP contribution in [0.15, 0.2) is 47.1 Å². The number of alkyl carbamates (subject to hydrolysis) is 1. The molecule has 3 N–H and O–H groups in total. The molecule has 0 fully saturated rings. The van der Waals surface area contributed by atoms with Crippen LogP contribution < -0.4 is 10.7 Å². The van der Waals surface area contributed by atoms with Crippen molar-refractivity contribution >= 4 is 33.9 Å². The van der Waals surface area contributed by atoms with Crippen molar-refractivity contribution in [3.63, 3.8) is 0 Å². The minimum absolute atomic E-state index is 0.148. The Hall–Kier alpha value is -2.85. The minimum atomic E-state index is -1.22. The summed E-state index contributed by atoms with van der Waals surface area (Å²) >= 11 is 3.13. The third-order valence-corrected chi connectivity index (χ3v) is 4.58. The van der Waals surface area contributed by atoms with Gasteiger partial charge in [0.05, 0.1) is 11.1 Å². The Morgan fingerprint density at radius 1 is 1.16 bits per heavy atom. The smallest absolute Gasteiger partial charge is 0.408 e. The van der Waals surface area contributed by atoms with E-state index in [-0.39, 0.29) is 18.7 Å². The van der Waals surface area contributed by atoms with Gasteiger partial charge in [0.2, 0.25) is 0 Å². The van der Waals surface area contributed by atoms with Crippen molar-refractivity contribution in [1.82, 2.24) is 9.99 Å². The first-order chi connectivity index (χ1) is 14.6. The molecule has 2 aromatic rings. The molecule has 1 heterocycles. The number of carbonyl (C=O) groups excluding carboxylic acids is 2. The third-order valence-electron chi connectivity index (χ3n) is 3.94. The van der Waals surface area contributed by atoms with Gasteiger partial charge in [0.15, 0.2) is 5.69 Å². The van der Waals surface area contributed by atoms with Crippen molar-refractivity contribution in [2.75, 3.05) is 12.0 Å². The van der Waals surface area contributed by atoms with Gasteiger partial charge in [0, 0.05) is 19.2 Å². The van der Waals surface area contributed by atoms with E-state index in [1.807, 2.05) is 30.3 Å². The number of amides is 2. The number of ether oxygens (including phenoxy) is 2. The highest BCUT2D eigenvalue weighted by Crippen LogP contribution is 2.17. The van der Waals surface area contributed by atoms with Crippen LogP contribution in [-0.4, -0.2) is 46.0 Å². The average molecular weight is 496 g/mol. The van der Waals surface area contributed by atoms with Crippen molar-refractivity contribution in [1.29, 1.82) is 0 Å². The number of nitrogens with zero attached hydrogens (tertiary/aromatic N) is 1. The van der Waals surface area contributed by atoms with Gasteiger partial charge in [-0.3, -0.25) is 14.9 Å². The van der Waals surface area contributed by atoms with Crippen LogP contribution in [0.2, 0.25) is 0 Å². The van der Waals surface area contributed by atoms with Gasteiger partial charge in [0.25, 0.3) is 5.91 Å². The molecule has 10 heteroatoms. The summed E-state index contributed by atoms with van der Waals surface area (Å²) in [4.78, 5) is 36.4. The van der Waals surface area contributed by atoms with Crippen LogP contribution >= 0.6 is 15.9 Å². The highest BCUT2D eigenvalue weighted by molar-refractivity contribution is 9.10. The molecule has 31 heavy (non-hydrogen) atoms. The van der Waals surface area contributed by atoms with Gasteiger partial charge in [-0.05, 0) is 48.3 Å².